The second-order valence-electron chi connectivity index (χ2n) is 6.34. The minimum Gasteiger partial charge on any atom is -0.392 e. The molecule has 1 N–H and O–H groups in total. The fraction of sp³-hybridized carbons (Fsp3) is 0.812. The highest BCUT2D eigenvalue weighted by Crippen LogP contribution is 2.57. The smallest absolute Gasteiger partial charge is 0.0850 e. The lowest BCUT2D eigenvalue weighted by atomic mass is 10.0. The van der Waals surface area contributed by atoms with E-state index >= 15 is 0 Å². The maximum atomic E-state index is 10.6. The van der Waals surface area contributed by atoms with Gasteiger partial charge in [-0.1, -0.05) is 31.4 Å². The first kappa shape index (κ1) is 14.4. The van der Waals surface area contributed by atoms with Gasteiger partial charge in [-0.05, 0) is 43.9 Å². The van der Waals surface area contributed by atoms with Gasteiger partial charge in [-0.2, -0.15) is 5.10 Å². The third kappa shape index (κ3) is 2.39. The second kappa shape index (κ2) is 5.69. The zero-order chi connectivity index (χ0) is 14.3. The first-order chi connectivity index (χ1) is 9.67. The molecule has 4 heteroatoms. The molecule has 0 aliphatic heterocycles. The Hall–Kier alpha value is -0.540. The van der Waals surface area contributed by atoms with Crippen LogP contribution in [0.3, 0.4) is 0 Å². The number of hydrogen-bond acceptors (Lipinski definition) is 2. The van der Waals surface area contributed by atoms with Crippen molar-refractivity contribution < 1.29 is 5.11 Å². The molecule has 112 valence electrons. The Labute approximate surface area is 126 Å². The van der Waals surface area contributed by atoms with Crippen LogP contribution in [0.15, 0.2) is 0 Å². The lowest BCUT2D eigenvalue weighted by Crippen LogP contribution is -2.18. The van der Waals surface area contributed by atoms with Crippen molar-refractivity contribution in [2.75, 3.05) is 0 Å². The van der Waals surface area contributed by atoms with E-state index in [1.807, 2.05) is 4.68 Å². The van der Waals surface area contributed by atoms with Gasteiger partial charge in [0.05, 0.1) is 22.5 Å². The number of fused-ring (bicyclic) bond motifs is 1. The summed E-state index contributed by atoms with van der Waals surface area (Å²) in [5.74, 6) is 2.07. The lowest BCUT2D eigenvalue weighted by molar-refractivity contribution is 0.138. The van der Waals surface area contributed by atoms with E-state index in [4.69, 9.17) is 11.6 Å². The van der Waals surface area contributed by atoms with Crippen molar-refractivity contribution in [1.29, 1.82) is 0 Å². The topological polar surface area (TPSA) is 38.0 Å². The summed E-state index contributed by atoms with van der Waals surface area (Å²) in [6, 6.07) is 0. The minimum atomic E-state index is -0.243. The van der Waals surface area contributed by atoms with E-state index < -0.39 is 0 Å². The van der Waals surface area contributed by atoms with Crippen LogP contribution in [0.4, 0.5) is 0 Å². The molecule has 0 radical (unpaired) electrons. The molecule has 0 spiro atoms. The van der Waals surface area contributed by atoms with Crippen molar-refractivity contribution in [3.8, 4) is 0 Å². The number of aryl methyl sites for hydroxylation is 2. The van der Waals surface area contributed by atoms with Gasteiger partial charge >= 0.3 is 0 Å². The summed E-state index contributed by atoms with van der Waals surface area (Å²) in [6.07, 6.45) is 6.59. The molecule has 2 saturated carbocycles. The normalized spacial score (nSPS) is 30.1. The minimum absolute atomic E-state index is 0.243. The van der Waals surface area contributed by atoms with Crippen molar-refractivity contribution in [3.63, 3.8) is 0 Å². The van der Waals surface area contributed by atoms with Crippen LogP contribution in [0.5, 0.6) is 0 Å². The van der Waals surface area contributed by atoms with Crippen molar-refractivity contribution in [2.24, 2.45) is 17.8 Å². The Morgan fingerprint density at radius 3 is 2.50 bits per heavy atom. The molecule has 1 aromatic heterocycles. The van der Waals surface area contributed by atoms with Crippen LogP contribution < -0.4 is 0 Å². The maximum absolute atomic E-state index is 10.6. The standard InChI is InChI=1S/C16H25ClN2O/c1-3-12-16(17)13(19(4-2)18-12)9-14(20)15-10-7-5-6-8-11(10)15/h10-11,14-15,20H,3-9H2,1-2H3. The zero-order valence-electron chi connectivity index (χ0n) is 12.5. The summed E-state index contributed by atoms with van der Waals surface area (Å²) >= 11 is 6.44. The van der Waals surface area contributed by atoms with E-state index in [1.54, 1.807) is 0 Å². The molecule has 20 heavy (non-hydrogen) atoms. The number of nitrogens with zero attached hydrogens (tertiary/aromatic N) is 2. The van der Waals surface area contributed by atoms with E-state index in [9.17, 15) is 5.11 Å². The van der Waals surface area contributed by atoms with Crippen molar-refractivity contribution in [1.82, 2.24) is 9.78 Å². The highest BCUT2D eigenvalue weighted by molar-refractivity contribution is 6.31. The third-order valence-corrected chi connectivity index (χ3v) is 5.70. The van der Waals surface area contributed by atoms with Crippen LogP contribution >= 0.6 is 11.6 Å². The van der Waals surface area contributed by atoms with Crippen LogP contribution in [-0.4, -0.2) is 21.0 Å². The molecule has 3 atom stereocenters. The average molecular weight is 297 g/mol. The predicted molar refractivity (Wildman–Crippen MR) is 80.9 cm³/mol. The van der Waals surface area contributed by atoms with Gasteiger partial charge in [0.2, 0.25) is 0 Å². The number of rotatable bonds is 5. The van der Waals surface area contributed by atoms with E-state index in [1.165, 1.54) is 25.7 Å². The SMILES string of the molecule is CCc1nn(CC)c(CC(O)C2C3CCCCC32)c1Cl. The summed E-state index contributed by atoms with van der Waals surface area (Å²) < 4.78 is 1.97. The number of aliphatic hydroxyl groups excluding tert-OH is 1. The van der Waals surface area contributed by atoms with Crippen LogP contribution in [0.2, 0.25) is 5.02 Å². The van der Waals surface area contributed by atoms with Gasteiger partial charge in [0.15, 0.2) is 0 Å². The number of hydrogen-bond donors (Lipinski definition) is 1. The van der Waals surface area contributed by atoms with Crippen molar-refractivity contribution in [3.05, 3.63) is 16.4 Å². The molecule has 0 saturated heterocycles. The number of halogens is 1. The summed E-state index contributed by atoms with van der Waals surface area (Å²) in [7, 11) is 0. The molecule has 0 amide bonds. The predicted octanol–water partition coefficient (Wildman–Crippen LogP) is 3.46. The van der Waals surface area contributed by atoms with E-state index in [2.05, 4.69) is 18.9 Å². The van der Waals surface area contributed by atoms with Crippen molar-refractivity contribution in [2.45, 2.75) is 65.0 Å². The van der Waals surface area contributed by atoms with Gasteiger partial charge in [-0.25, -0.2) is 0 Å². The maximum Gasteiger partial charge on any atom is 0.0850 e. The molecule has 0 bridgehead atoms. The molecule has 1 heterocycles. The van der Waals surface area contributed by atoms with Gasteiger partial charge in [-0.15, -0.1) is 0 Å². The molecular formula is C16H25ClN2O. The first-order valence-corrected chi connectivity index (χ1v) is 8.47. The molecule has 2 aliphatic rings. The summed E-state index contributed by atoms with van der Waals surface area (Å²) in [4.78, 5) is 0. The van der Waals surface area contributed by atoms with Gasteiger partial charge < -0.3 is 5.11 Å². The monoisotopic (exact) mass is 296 g/mol. The van der Waals surface area contributed by atoms with Gasteiger partial charge in [0.1, 0.15) is 0 Å². The fourth-order valence-electron chi connectivity index (χ4n) is 4.16. The molecule has 3 nitrogen and oxygen atoms in total. The summed E-state index contributed by atoms with van der Waals surface area (Å²) in [5, 5.41) is 15.9. The molecular weight excluding hydrogens is 272 g/mol. The zero-order valence-corrected chi connectivity index (χ0v) is 13.2. The first-order valence-electron chi connectivity index (χ1n) is 8.09. The lowest BCUT2D eigenvalue weighted by Gasteiger charge is -2.12. The van der Waals surface area contributed by atoms with Crippen LogP contribution in [0.25, 0.3) is 0 Å². The van der Waals surface area contributed by atoms with Crippen LogP contribution in [0.1, 0.15) is 50.9 Å². The molecule has 3 rings (SSSR count). The Morgan fingerprint density at radius 1 is 1.30 bits per heavy atom. The molecule has 0 aromatic carbocycles. The average Bonchev–Trinajstić information content (AvgIpc) is 3.12. The summed E-state index contributed by atoms with van der Waals surface area (Å²) in [6.45, 7) is 4.97. The molecule has 2 fully saturated rings. The fourth-order valence-corrected chi connectivity index (χ4v) is 4.51. The highest BCUT2D eigenvalue weighted by Gasteiger charge is 2.53. The van der Waals surface area contributed by atoms with Crippen LogP contribution in [-0.2, 0) is 19.4 Å². The quantitative estimate of drug-likeness (QED) is 0.903. The third-order valence-electron chi connectivity index (χ3n) is 5.26. The molecule has 2 aliphatic carbocycles. The van der Waals surface area contributed by atoms with E-state index in [-0.39, 0.29) is 6.10 Å². The van der Waals surface area contributed by atoms with Crippen LogP contribution in [0, 0.1) is 17.8 Å². The van der Waals surface area contributed by atoms with Gasteiger partial charge in [0, 0.05) is 13.0 Å². The Bertz CT molecular complexity index is 473. The number of aromatic nitrogens is 2. The van der Waals surface area contributed by atoms with E-state index in [0.717, 1.165) is 41.2 Å². The Kier molecular flexibility index (Phi) is 4.09. The van der Waals surface area contributed by atoms with Gasteiger partial charge in [-0.3, -0.25) is 4.68 Å². The Balaban J connectivity index is 1.73. The highest BCUT2D eigenvalue weighted by atomic mass is 35.5. The molecule has 3 unspecified atom stereocenters. The van der Waals surface area contributed by atoms with E-state index in [0.29, 0.717) is 12.3 Å². The largest absolute Gasteiger partial charge is 0.392 e. The van der Waals surface area contributed by atoms with Crippen molar-refractivity contribution >= 4 is 11.6 Å². The molecule has 1 aromatic rings. The van der Waals surface area contributed by atoms with Gasteiger partial charge in [0.25, 0.3) is 0 Å². The summed E-state index contributed by atoms with van der Waals surface area (Å²) in [5.41, 5.74) is 1.99. The number of aliphatic hydroxyl groups is 1. The Morgan fingerprint density at radius 2 is 1.95 bits per heavy atom. The second-order valence-corrected chi connectivity index (χ2v) is 6.72.